The van der Waals surface area contributed by atoms with Gasteiger partial charge < -0.3 is 4.52 Å². The zero-order valence-electron chi connectivity index (χ0n) is 4.60. The molecule has 0 fully saturated rings. The molecule has 0 aromatic carbocycles. The predicted molar refractivity (Wildman–Crippen MR) is 29.8 cm³/mol. The summed E-state index contributed by atoms with van der Waals surface area (Å²) in [5.41, 5.74) is 0. The standard InChI is InChI=1S/C4H10O2P/c1-3-4(2)6-7-5/h4,7H,3H2,1-2H3. The van der Waals surface area contributed by atoms with Crippen molar-refractivity contribution in [2.45, 2.75) is 26.4 Å². The van der Waals surface area contributed by atoms with E-state index in [9.17, 15) is 4.57 Å². The molecule has 0 heterocycles. The van der Waals surface area contributed by atoms with Crippen LogP contribution in [0.5, 0.6) is 0 Å². The Bertz CT molecular complexity index is 55.7. The van der Waals surface area contributed by atoms with Crippen LogP contribution in [-0.4, -0.2) is 6.10 Å². The molecule has 1 radical (unpaired) electrons. The summed E-state index contributed by atoms with van der Waals surface area (Å²) in [6.45, 7) is 3.88. The highest BCUT2D eigenvalue weighted by molar-refractivity contribution is 7.17. The van der Waals surface area contributed by atoms with E-state index >= 15 is 0 Å². The lowest BCUT2D eigenvalue weighted by Crippen LogP contribution is -1.96. The molecule has 2 unspecified atom stereocenters. The largest absolute Gasteiger partial charge is 0.303 e. The third kappa shape index (κ3) is 3.90. The van der Waals surface area contributed by atoms with Crippen molar-refractivity contribution in [1.82, 2.24) is 0 Å². The number of rotatable bonds is 3. The molecular formula is C4H10O2P. The van der Waals surface area contributed by atoms with Gasteiger partial charge in [-0.1, -0.05) is 6.92 Å². The first-order valence-electron chi connectivity index (χ1n) is 2.34. The lowest BCUT2D eigenvalue weighted by molar-refractivity contribution is 0.240. The molecule has 0 N–H and O–H groups in total. The third-order valence-electron chi connectivity index (χ3n) is 0.824. The zero-order chi connectivity index (χ0) is 5.70. The maximum absolute atomic E-state index is 9.70. The molecule has 0 aromatic rings. The van der Waals surface area contributed by atoms with E-state index in [2.05, 4.69) is 4.52 Å². The highest BCUT2D eigenvalue weighted by atomic mass is 31.1. The van der Waals surface area contributed by atoms with Crippen LogP contribution >= 0.6 is 8.69 Å². The maximum Gasteiger partial charge on any atom is 0.198 e. The van der Waals surface area contributed by atoms with E-state index in [-0.39, 0.29) is 6.10 Å². The summed E-state index contributed by atoms with van der Waals surface area (Å²) in [6, 6.07) is 0. The minimum Gasteiger partial charge on any atom is -0.303 e. The van der Waals surface area contributed by atoms with Crippen LogP contribution in [0.4, 0.5) is 0 Å². The van der Waals surface area contributed by atoms with Crippen LogP contribution in [-0.2, 0) is 9.09 Å². The lowest BCUT2D eigenvalue weighted by Gasteiger charge is -1.99. The van der Waals surface area contributed by atoms with E-state index in [1.807, 2.05) is 13.8 Å². The van der Waals surface area contributed by atoms with Crippen molar-refractivity contribution < 1.29 is 9.09 Å². The molecule has 7 heavy (non-hydrogen) atoms. The zero-order valence-corrected chi connectivity index (χ0v) is 5.60. The average molecular weight is 121 g/mol. The first kappa shape index (κ1) is 7.06. The molecule has 0 amide bonds. The summed E-state index contributed by atoms with van der Waals surface area (Å²) < 4.78 is 14.4. The van der Waals surface area contributed by atoms with Crippen LogP contribution in [0.2, 0.25) is 0 Å². The van der Waals surface area contributed by atoms with Gasteiger partial charge in [0.1, 0.15) is 0 Å². The van der Waals surface area contributed by atoms with Gasteiger partial charge in [0.05, 0.1) is 6.10 Å². The van der Waals surface area contributed by atoms with E-state index in [0.29, 0.717) is 0 Å². The Hall–Kier alpha value is 0.0600. The van der Waals surface area contributed by atoms with Gasteiger partial charge in [-0.2, -0.15) is 0 Å². The second-order valence-corrected chi connectivity index (χ2v) is 1.82. The van der Waals surface area contributed by atoms with Gasteiger partial charge in [0, 0.05) is 0 Å². The summed E-state index contributed by atoms with van der Waals surface area (Å²) in [6.07, 6.45) is 1.07. The molecule has 0 aliphatic rings. The molecule has 2 atom stereocenters. The molecular weight excluding hydrogens is 111 g/mol. The van der Waals surface area contributed by atoms with Crippen LogP contribution in [0, 0.1) is 0 Å². The quantitative estimate of drug-likeness (QED) is 0.531. The Labute approximate surface area is 45.2 Å². The Morgan fingerprint density at radius 3 is 2.57 bits per heavy atom. The Balaban J connectivity index is 2.98. The number of hydrogen-bond acceptors (Lipinski definition) is 2. The van der Waals surface area contributed by atoms with Gasteiger partial charge in [-0.25, -0.2) is 0 Å². The smallest absolute Gasteiger partial charge is 0.198 e. The Morgan fingerprint density at radius 1 is 1.86 bits per heavy atom. The highest BCUT2D eigenvalue weighted by Crippen LogP contribution is 2.03. The predicted octanol–water partition coefficient (Wildman–Crippen LogP) is 1.74. The van der Waals surface area contributed by atoms with Gasteiger partial charge >= 0.3 is 0 Å². The van der Waals surface area contributed by atoms with Gasteiger partial charge in [0.25, 0.3) is 0 Å². The summed E-state index contributed by atoms with van der Waals surface area (Å²) in [5, 5.41) is 0. The van der Waals surface area contributed by atoms with Gasteiger partial charge in [0.15, 0.2) is 8.69 Å². The second-order valence-electron chi connectivity index (χ2n) is 1.42. The minimum atomic E-state index is -0.605. The molecule has 0 aliphatic heterocycles. The molecule has 0 aromatic heterocycles. The summed E-state index contributed by atoms with van der Waals surface area (Å²) in [7, 11) is -0.605. The van der Waals surface area contributed by atoms with Crippen LogP contribution < -0.4 is 0 Å². The van der Waals surface area contributed by atoms with E-state index in [4.69, 9.17) is 0 Å². The summed E-state index contributed by atoms with van der Waals surface area (Å²) >= 11 is 0. The topological polar surface area (TPSA) is 26.3 Å². The van der Waals surface area contributed by atoms with Crippen molar-refractivity contribution in [2.75, 3.05) is 0 Å². The normalized spacial score (nSPS) is 14.6. The van der Waals surface area contributed by atoms with Crippen molar-refractivity contribution in [2.24, 2.45) is 0 Å². The van der Waals surface area contributed by atoms with Gasteiger partial charge in [0.2, 0.25) is 0 Å². The molecule has 0 rings (SSSR count). The Kier molecular flexibility index (Phi) is 4.26. The van der Waals surface area contributed by atoms with Crippen molar-refractivity contribution >= 4 is 8.69 Å². The maximum atomic E-state index is 9.70. The fourth-order valence-electron chi connectivity index (χ4n) is 0.165. The molecule has 43 valence electrons. The Morgan fingerprint density at radius 2 is 2.43 bits per heavy atom. The lowest BCUT2D eigenvalue weighted by atomic mass is 10.3. The first-order valence-corrected chi connectivity index (χ1v) is 3.15. The van der Waals surface area contributed by atoms with Crippen LogP contribution in [0.15, 0.2) is 0 Å². The van der Waals surface area contributed by atoms with Crippen molar-refractivity contribution in [1.29, 1.82) is 0 Å². The van der Waals surface area contributed by atoms with E-state index in [1.54, 1.807) is 0 Å². The fourth-order valence-corrected chi connectivity index (χ4v) is 0.496. The molecule has 3 heteroatoms. The molecule has 0 saturated heterocycles. The van der Waals surface area contributed by atoms with E-state index in [1.165, 1.54) is 0 Å². The van der Waals surface area contributed by atoms with Gasteiger partial charge in [-0.3, -0.25) is 4.57 Å². The molecule has 0 aliphatic carbocycles. The van der Waals surface area contributed by atoms with Gasteiger partial charge in [-0.15, -0.1) is 0 Å². The van der Waals surface area contributed by atoms with E-state index in [0.717, 1.165) is 6.42 Å². The van der Waals surface area contributed by atoms with E-state index < -0.39 is 8.69 Å². The van der Waals surface area contributed by atoms with Crippen molar-refractivity contribution in [3.8, 4) is 0 Å². The fraction of sp³-hybridized carbons (Fsp3) is 1.00. The SMILES string of the molecule is CCC(C)O[PH]=O. The average Bonchev–Trinajstić information content (AvgIpc) is 1.68. The molecule has 0 saturated carbocycles. The summed E-state index contributed by atoms with van der Waals surface area (Å²) in [4.78, 5) is 0. The van der Waals surface area contributed by atoms with Crippen molar-refractivity contribution in [3.63, 3.8) is 0 Å². The monoisotopic (exact) mass is 121 g/mol. The third-order valence-corrected chi connectivity index (χ3v) is 1.32. The second kappa shape index (κ2) is 4.23. The minimum absolute atomic E-state index is 0.149. The van der Waals surface area contributed by atoms with Gasteiger partial charge in [-0.05, 0) is 13.3 Å². The molecule has 0 spiro atoms. The van der Waals surface area contributed by atoms with Crippen LogP contribution in [0.3, 0.4) is 0 Å². The summed E-state index contributed by atoms with van der Waals surface area (Å²) in [5.74, 6) is 0. The van der Waals surface area contributed by atoms with Crippen molar-refractivity contribution in [3.05, 3.63) is 0 Å². The first-order chi connectivity index (χ1) is 3.31. The van der Waals surface area contributed by atoms with Crippen LogP contribution in [0.1, 0.15) is 20.3 Å². The molecule has 2 nitrogen and oxygen atoms in total. The highest BCUT2D eigenvalue weighted by Gasteiger charge is 1.92. The number of hydrogen-bond donors (Lipinski definition) is 0. The van der Waals surface area contributed by atoms with Crippen LogP contribution in [0.25, 0.3) is 0 Å². The molecule has 0 bridgehead atoms.